The van der Waals surface area contributed by atoms with Gasteiger partial charge in [-0.1, -0.05) is 0 Å². The Bertz CT molecular complexity index is 552. The summed E-state index contributed by atoms with van der Waals surface area (Å²) in [7, 11) is 0. The van der Waals surface area contributed by atoms with Crippen molar-refractivity contribution in [1.82, 2.24) is 0 Å². The fourth-order valence-corrected chi connectivity index (χ4v) is 8.92. The van der Waals surface area contributed by atoms with Gasteiger partial charge >= 0.3 is 12.4 Å². The van der Waals surface area contributed by atoms with Crippen LogP contribution in [0.1, 0.15) is 38.5 Å². The Kier molecular flexibility index (Phi) is 2.51. The fraction of sp³-hybridized carbons (Fsp3) is 1.00. The number of halogens is 6. The molecule has 2 heterocycles. The van der Waals surface area contributed by atoms with Gasteiger partial charge in [0.2, 0.25) is 0 Å². The molecule has 2 aliphatic heterocycles. The van der Waals surface area contributed by atoms with Crippen molar-refractivity contribution >= 4 is 0 Å². The van der Waals surface area contributed by atoms with Gasteiger partial charge in [-0.15, -0.1) is 0 Å². The molecule has 140 valence electrons. The monoisotopic (exact) mass is 366 g/mol. The maximum Gasteiger partial charge on any atom is 0.418 e. The van der Waals surface area contributed by atoms with Crippen molar-refractivity contribution in [2.75, 3.05) is 0 Å². The first kappa shape index (κ1) is 15.6. The van der Waals surface area contributed by atoms with E-state index in [1.54, 1.807) is 0 Å². The highest BCUT2D eigenvalue weighted by Crippen LogP contribution is 2.83. The maximum atomic E-state index is 14.4. The van der Waals surface area contributed by atoms with E-state index >= 15 is 0 Å². The highest BCUT2D eigenvalue weighted by atomic mass is 19.4. The van der Waals surface area contributed by atoms with Crippen molar-refractivity contribution in [3.05, 3.63) is 0 Å². The lowest BCUT2D eigenvalue weighted by atomic mass is 9.50. The van der Waals surface area contributed by atoms with Gasteiger partial charge in [-0.2, -0.15) is 26.3 Å². The van der Waals surface area contributed by atoms with E-state index < -0.39 is 47.2 Å². The first-order valence-corrected chi connectivity index (χ1v) is 9.46. The van der Waals surface area contributed by atoms with Crippen molar-refractivity contribution in [2.24, 2.45) is 47.3 Å². The molecule has 8 unspecified atom stereocenters. The summed E-state index contributed by atoms with van der Waals surface area (Å²) in [6, 6.07) is 0. The zero-order chi connectivity index (χ0) is 17.6. The maximum absolute atomic E-state index is 14.4. The predicted octanol–water partition coefficient (Wildman–Crippen LogP) is 4.96. The third-order valence-corrected chi connectivity index (χ3v) is 9.04. The van der Waals surface area contributed by atoms with Gasteiger partial charge in [0.1, 0.15) is 0 Å². The molecule has 2 saturated heterocycles. The molecule has 0 aromatic heterocycles. The fourth-order valence-electron chi connectivity index (χ4n) is 8.92. The van der Waals surface area contributed by atoms with Crippen molar-refractivity contribution in [3.8, 4) is 0 Å². The minimum absolute atomic E-state index is 0.249. The summed E-state index contributed by atoms with van der Waals surface area (Å²) in [5.41, 5.74) is -5.09. The summed E-state index contributed by atoms with van der Waals surface area (Å²) >= 11 is 0. The van der Waals surface area contributed by atoms with Crippen LogP contribution in [0.2, 0.25) is 0 Å². The van der Waals surface area contributed by atoms with Crippen LogP contribution in [0.4, 0.5) is 26.3 Å². The van der Waals surface area contributed by atoms with Crippen LogP contribution in [0.3, 0.4) is 0 Å². The van der Waals surface area contributed by atoms with Gasteiger partial charge in [0, 0.05) is 23.7 Å². The molecule has 4 saturated carbocycles. The number of fused-ring (bicyclic) bond motifs is 16. The van der Waals surface area contributed by atoms with E-state index in [2.05, 4.69) is 0 Å². The molecule has 6 fully saturated rings. The molecule has 0 aromatic carbocycles. The van der Waals surface area contributed by atoms with Crippen molar-refractivity contribution in [2.45, 2.75) is 62.1 Å². The van der Waals surface area contributed by atoms with Gasteiger partial charge in [0.05, 0.1) is 0 Å². The summed E-state index contributed by atoms with van der Waals surface area (Å²) in [6.07, 6.45) is -5.86. The third-order valence-electron chi connectivity index (χ3n) is 9.04. The first-order valence-electron chi connectivity index (χ1n) is 9.46. The number of rotatable bonds is 0. The Morgan fingerprint density at radius 3 is 1.08 bits per heavy atom. The molecule has 6 rings (SSSR count). The number of hydrogen-bond acceptors (Lipinski definition) is 1. The first-order chi connectivity index (χ1) is 11.6. The van der Waals surface area contributed by atoms with Crippen LogP contribution in [-0.4, -0.2) is 23.6 Å². The topological polar surface area (TPSA) is 9.23 Å². The summed E-state index contributed by atoms with van der Waals surface area (Å²) in [4.78, 5) is 0. The Morgan fingerprint density at radius 2 is 0.840 bits per heavy atom. The molecule has 0 N–H and O–H groups in total. The summed E-state index contributed by atoms with van der Waals surface area (Å²) in [5, 5.41) is 0. The highest BCUT2D eigenvalue weighted by molar-refractivity contribution is 5.33. The molecule has 4 aliphatic carbocycles. The SMILES string of the molecule is FC(F)(F)C12OC(C(F)(F)F)(C3C4CCC(C4)C31)C1C3CCC(C3)C12. The zero-order valence-corrected chi connectivity index (χ0v) is 13.5. The Hall–Kier alpha value is -0.460. The smallest absolute Gasteiger partial charge is 0.348 e. The minimum atomic E-state index is -4.72. The zero-order valence-electron chi connectivity index (χ0n) is 13.5. The average molecular weight is 366 g/mol. The van der Waals surface area contributed by atoms with Crippen LogP contribution in [0.15, 0.2) is 0 Å². The molecular formula is C18H20F6O. The molecular weight excluding hydrogens is 346 g/mol. The molecule has 6 bridgehead atoms. The van der Waals surface area contributed by atoms with Gasteiger partial charge in [-0.05, 0) is 62.2 Å². The lowest BCUT2D eigenvalue weighted by molar-refractivity contribution is -0.329. The van der Waals surface area contributed by atoms with Crippen LogP contribution in [0.5, 0.6) is 0 Å². The lowest BCUT2D eigenvalue weighted by Crippen LogP contribution is -2.63. The predicted molar refractivity (Wildman–Crippen MR) is 74.3 cm³/mol. The molecule has 8 atom stereocenters. The van der Waals surface area contributed by atoms with Crippen LogP contribution in [-0.2, 0) is 4.74 Å². The average Bonchev–Trinajstić information content (AvgIpc) is 3.28. The van der Waals surface area contributed by atoms with Gasteiger partial charge in [0.25, 0.3) is 0 Å². The highest BCUT2D eigenvalue weighted by Gasteiger charge is 2.93. The summed E-state index contributed by atoms with van der Waals surface area (Å²) < 4.78 is 92.0. The van der Waals surface area contributed by atoms with E-state index in [9.17, 15) is 26.3 Å². The Morgan fingerprint density at radius 1 is 0.560 bits per heavy atom. The standard InChI is InChI=1S/C18H20F6O/c19-17(20,21)15-11-7-1-2-8(5-7)12(11)16(25-15,18(22,23)24)14-10-4-3-9(6-10)13(14)15/h7-14H,1-6H2. The number of ether oxygens (including phenoxy) is 1. The molecule has 25 heavy (non-hydrogen) atoms. The molecule has 7 heteroatoms. The van der Waals surface area contributed by atoms with Crippen LogP contribution in [0, 0.1) is 47.3 Å². The largest absolute Gasteiger partial charge is 0.418 e. The number of alkyl halides is 6. The molecule has 0 aromatic rings. The van der Waals surface area contributed by atoms with Crippen molar-refractivity contribution in [1.29, 1.82) is 0 Å². The van der Waals surface area contributed by atoms with E-state index in [0.29, 0.717) is 38.5 Å². The lowest BCUT2D eigenvalue weighted by Gasteiger charge is -2.51. The quantitative estimate of drug-likeness (QED) is 0.551. The minimum Gasteiger partial charge on any atom is -0.348 e. The molecule has 0 spiro atoms. The second kappa shape index (κ2) is 4.02. The normalized spacial score (nSPS) is 61.2. The second-order valence-corrected chi connectivity index (χ2v) is 9.45. The second-order valence-electron chi connectivity index (χ2n) is 9.45. The van der Waals surface area contributed by atoms with Gasteiger partial charge in [0.15, 0.2) is 11.2 Å². The van der Waals surface area contributed by atoms with Crippen LogP contribution in [0.25, 0.3) is 0 Å². The van der Waals surface area contributed by atoms with Crippen LogP contribution < -0.4 is 0 Å². The van der Waals surface area contributed by atoms with Gasteiger partial charge in [-0.25, -0.2) is 0 Å². The van der Waals surface area contributed by atoms with E-state index in [0.717, 1.165) is 0 Å². The van der Waals surface area contributed by atoms with Crippen molar-refractivity contribution < 1.29 is 31.1 Å². The Balaban J connectivity index is 1.64. The van der Waals surface area contributed by atoms with Gasteiger partial charge in [-0.3, -0.25) is 0 Å². The molecule has 6 aliphatic rings. The van der Waals surface area contributed by atoms with E-state index in [1.807, 2.05) is 0 Å². The summed E-state index contributed by atoms with van der Waals surface area (Å²) in [6.45, 7) is 0. The van der Waals surface area contributed by atoms with Gasteiger partial charge < -0.3 is 4.74 Å². The summed E-state index contributed by atoms with van der Waals surface area (Å²) in [5.74, 6) is -4.91. The Labute approximate surface area is 141 Å². The molecule has 0 radical (unpaired) electrons. The van der Waals surface area contributed by atoms with E-state index in [-0.39, 0.29) is 23.7 Å². The van der Waals surface area contributed by atoms with Crippen molar-refractivity contribution in [3.63, 3.8) is 0 Å². The molecule has 1 nitrogen and oxygen atoms in total. The van der Waals surface area contributed by atoms with E-state index in [4.69, 9.17) is 4.74 Å². The third kappa shape index (κ3) is 1.36. The number of hydrogen-bond donors (Lipinski definition) is 0. The molecule has 0 amide bonds. The van der Waals surface area contributed by atoms with E-state index in [1.165, 1.54) is 0 Å². The van der Waals surface area contributed by atoms with Crippen LogP contribution >= 0.6 is 0 Å².